The standard InChI is InChI=1S/C11H9FN2O/c1-8-6-13-11(7-15)14(8)10-4-2-3-9(12)5-10/h2-7H,1H3. The van der Waals surface area contributed by atoms with E-state index in [4.69, 9.17) is 0 Å². The molecule has 0 aliphatic heterocycles. The lowest BCUT2D eigenvalue weighted by atomic mass is 10.3. The van der Waals surface area contributed by atoms with Crippen LogP contribution in [0.1, 0.15) is 16.3 Å². The van der Waals surface area contributed by atoms with Crippen molar-refractivity contribution < 1.29 is 9.18 Å². The van der Waals surface area contributed by atoms with Crippen LogP contribution < -0.4 is 0 Å². The molecule has 0 N–H and O–H groups in total. The Morgan fingerprint density at radius 2 is 2.27 bits per heavy atom. The van der Waals surface area contributed by atoms with Crippen LogP contribution in [0.2, 0.25) is 0 Å². The fourth-order valence-electron chi connectivity index (χ4n) is 1.49. The van der Waals surface area contributed by atoms with E-state index in [0.29, 0.717) is 12.0 Å². The smallest absolute Gasteiger partial charge is 0.185 e. The van der Waals surface area contributed by atoms with Crippen molar-refractivity contribution in [2.45, 2.75) is 6.92 Å². The largest absolute Gasteiger partial charge is 0.295 e. The Hall–Kier alpha value is -1.97. The minimum Gasteiger partial charge on any atom is -0.295 e. The summed E-state index contributed by atoms with van der Waals surface area (Å²) in [6.45, 7) is 1.81. The van der Waals surface area contributed by atoms with E-state index in [2.05, 4.69) is 4.98 Å². The normalized spacial score (nSPS) is 10.3. The van der Waals surface area contributed by atoms with Gasteiger partial charge in [-0.3, -0.25) is 9.36 Å². The second-order valence-electron chi connectivity index (χ2n) is 3.19. The van der Waals surface area contributed by atoms with Gasteiger partial charge in [-0.1, -0.05) is 6.07 Å². The van der Waals surface area contributed by atoms with Crippen LogP contribution in [-0.4, -0.2) is 15.8 Å². The molecule has 0 amide bonds. The summed E-state index contributed by atoms with van der Waals surface area (Å²) in [5, 5.41) is 0. The molecule has 0 unspecified atom stereocenters. The third-order valence-corrected chi connectivity index (χ3v) is 2.14. The van der Waals surface area contributed by atoms with Gasteiger partial charge in [-0.05, 0) is 25.1 Å². The van der Waals surface area contributed by atoms with Gasteiger partial charge in [0.05, 0.1) is 5.69 Å². The van der Waals surface area contributed by atoms with Crippen molar-refractivity contribution in [3.63, 3.8) is 0 Å². The molecule has 0 saturated carbocycles. The van der Waals surface area contributed by atoms with Crippen LogP contribution >= 0.6 is 0 Å². The van der Waals surface area contributed by atoms with Gasteiger partial charge in [0.1, 0.15) is 5.82 Å². The number of hydrogen-bond acceptors (Lipinski definition) is 2. The number of nitrogens with zero attached hydrogens (tertiary/aromatic N) is 2. The molecule has 2 rings (SSSR count). The minimum absolute atomic E-state index is 0.276. The fraction of sp³-hybridized carbons (Fsp3) is 0.0909. The summed E-state index contributed by atoms with van der Waals surface area (Å²) < 4.78 is 14.6. The molecule has 0 spiro atoms. The van der Waals surface area contributed by atoms with Gasteiger partial charge in [-0.2, -0.15) is 0 Å². The lowest BCUT2D eigenvalue weighted by Crippen LogP contribution is -2.02. The van der Waals surface area contributed by atoms with Crippen LogP contribution in [0, 0.1) is 12.7 Å². The Bertz CT molecular complexity index is 505. The van der Waals surface area contributed by atoms with E-state index < -0.39 is 0 Å². The average Bonchev–Trinajstić information content (AvgIpc) is 2.59. The highest BCUT2D eigenvalue weighted by Crippen LogP contribution is 2.14. The first kappa shape index (κ1) is 9.58. The Kier molecular flexibility index (Phi) is 2.33. The van der Waals surface area contributed by atoms with Crippen LogP contribution in [0.4, 0.5) is 4.39 Å². The Labute approximate surface area is 86.2 Å². The Balaban J connectivity index is 2.62. The molecular formula is C11H9FN2O. The van der Waals surface area contributed by atoms with E-state index in [9.17, 15) is 9.18 Å². The molecule has 0 aliphatic carbocycles. The van der Waals surface area contributed by atoms with E-state index in [1.54, 1.807) is 22.9 Å². The van der Waals surface area contributed by atoms with Gasteiger partial charge in [0.15, 0.2) is 12.1 Å². The van der Waals surface area contributed by atoms with Gasteiger partial charge in [-0.15, -0.1) is 0 Å². The molecule has 0 aliphatic rings. The number of carbonyl (C=O) groups is 1. The SMILES string of the molecule is Cc1cnc(C=O)n1-c1cccc(F)c1. The lowest BCUT2D eigenvalue weighted by molar-refractivity contribution is 0.111. The third-order valence-electron chi connectivity index (χ3n) is 2.14. The van der Waals surface area contributed by atoms with Crippen LogP contribution in [0.15, 0.2) is 30.5 Å². The van der Waals surface area contributed by atoms with Gasteiger partial charge in [0.2, 0.25) is 0 Å². The molecular weight excluding hydrogens is 195 g/mol. The molecule has 0 bridgehead atoms. The molecule has 0 fully saturated rings. The molecule has 2 aromatic rings. The number of hydrogen-bond donors (Lipinski definition) is 0. The highest BCUT2D eigenvalue weighted by Gasteiger charge is 2.07. The Morgan fingerprint density at radius 3 is 2.93 bits per heavy atom. The number of halogens is 1. The van der Waals surface area contributed by atoms with Gasteiger partial charge < -0.3 is 0 Å². The topological polar surface area (TPSA) is 34.9 Å². The maximum absolute atomic E-state index is 13.0. The summed E-state index contributed by atoms with van der Waals surface area (Å²) in [5.74, 6) is -0.0597. The fourth-order valence-corrected chi connectivity index (χ4v) is 1.49. The number of imidazole rings is 1. The van der Waals surface area contributed by atoms with Crippen molar-refractivity contribution in [3.8, 4) is 5.69 Å². The molecule has 1 aromatic carbocycles. The van der Waals surface area contributed by atoms with Crippen LogP contribution in [-0.2, 0) is 0 Å². The maximum Gasteiger partial charge on any atom is 0.185 e. The summed E-state index contributed by atoms with van der Waals surface area (Å²) in [5.41, 5.74) is 1.40. The summed E-state index contributed by atoms with van der Waals surface area (Å²) in [6.07, 6.45) is 2.23. The van der Waals surface area contributed by atoms with Crippen molar-refractivity contribution in [2.24, 2.45) is 0 Å². The van der Waals surface area contributed by atoms with Crippen molar-refractivity contribution in [3.05, 3.63) is 47.8 Å². The predicted octanol–water partition coefficient (Wildman–Crippen LogP) is 2.13. The first-order valence-corrected chi connectivity index (χ1v) is 4.48. The van der Waals surface area contributed by atoms with E-state index in [1.165, 1.54) is 12.1 Å². The number of aldehydes is 1. The van der Waals surface area contributed by atoms with Crippen LogP contribution in [0.3, 0.4) is 0 Å². The number of aromatic nitrogens is 2. The maximum atomic E-state index is 13.0. The third kappa shape index (κ3) is 1.66. The van der Waals surface area contributed by atoms with Crippen molar-refractivity contribution in [2.75, 3.05) is 0 Å². The number of benzene rings is 1. The van der Waals surface area contributed by atoms with E-state index in [0.717, 1.165) is 5.69 Å². The Morgan fingerprint density at radius 1 is 1.47 bits per heavy atom. The van der Waals surface area contributed by atoms with Gasteiger partial charge in [-0.25, -0.2) is 9.37 Å². The van der Waals surface area contributed by atoms with E-state index in [1.807, 2.05) is 6.92 Å². The van der Waals surface area contributed by atoms with Crippen LogP contribution in [0.25, 0.3) is 5.69 Å². The minimum atomic E-state index is -0.336. The van der Waals surface area contributed by atoms with Gasteiger partial charge in [0.25, 0.3) is 0 Å². The van der Waals surface area contributed by atoms with E-state index >= 15 is 0 Å². The summed E-state index contributed by atoms with van der Waals surface area (Å²) in [6, 6.07) is 6.04. The second-order valence-corrected chi connectivity index (χ2v) is 3.19. The molecule has 0 radical (unpaired) electrons. The lowest BCUT2D eigenvalue weighted by Gasteiger charge is -2.06. The number of aryl methyl sites for hydroxylation is 1. The summed E-state index contributed by atoms with van der Waals surface area (Å²) in [7, 11) is 0. The second kappa shape index (κ2) is 3.65. The number of rotatable bonds is 2. The van der Waals surface area contributed by atoms with E-state index in [-0.39, 0.29) is 11.6 Å². The first-order valence-electron chi connectivity index (χ1n) is 4.48. The summed E-state index contributed by atoms with van der Waals surface area (Å²) >= 11 is 0. The van der Waals surface area contributed by atoms with Crippen molar-refractivity contribution in [1.29, 1.82) is 0 Å². The molecule has 3 nitrogen and oxygen atoms in total. The average molecular weight is 204 g/mol. The molecule has 4 heteroatoms. The zero-order chi connectivity index (χ0) is 10.8. The monoisotopic (exact) mass is 204 g/mol. The molecule has 1 heterocycles. The first-order chi connectivity index (χ1) is 7.22. The van der Waals surface area contributed by atoms with Crippen LogP contribution in [0.5, 0.6) is 0 Å². The summed E-state index contributed by atoms with van der Waals surface area (Å²) in [4.78, 5) is 14.6. The molecule has 15 heavy (non-hydrogen) atoms. The van der Waals surface area contributed by atoms with Gasteiger partial charge >= 0.3 is 0 Å². The van der Waals surface area contributed by atoms with Crippen molar-refractivity contribution >= 4 is 6.29 Å². The molecule has 1 aromatic heterocycles. The molecule has 76 valence electrons. The number of carbonyl (C=O) groups excluding carboxylic acids is 1. The highest BCUT2D eigenvalue weighted by molar-refractivity contribution is 5.71. The quantitative estimate of drug-likeness (QED) is 0.702. The van der Waals surface area contributed by atoms with Gasteiger partial charge in [0, 0.05) is 11.9 Å². The highest BCUT2D eigenvalue weighted by atomic mass is 19.1. The van der Waals surface area contributed by atoms with Crippen molar-refractivity contribution in [1.82, 2.24) is 9.55 Å². The molecule has 0 saturated heterocycles. The zero-order valence-corrected chi connectivity index (χ0v) is 8.14. The zero-order valence-electron chi connectivity index (χ0n) is 8.14. The molecule has 0 atom stereocenters. The predicted molar refractivity (Wildman–Crippen MR) is 53.6 cm³/mol.